The molecule has 0 spiro atoms. The van der Waals surface area contributed by atoms with Crippen LogP contribution in [0.4, 0.5) is 8.78 Å². The number of nitrogens with two attached hydrogens (primary N) is 1. The first-order valence-electron chi connectivity index (χ1n) is 3.91. The summed E-state index contributed by atoms with van der Waals surface area (Å²) in [5, 5.41) is 8.48. The third-order valence-electron chi connectivity index (χ3n) is 1.81. The quantitative estimate of drug-likeness (QED) is 0.765. The maximum absolute atomic E-state index is 13.1. The van der Waals surface area contributed by atoms with E-state index in [0.29, 0.717) is 6.07 Å². The number of rotatable bonds is 2. The van der Waals surface area contributed by atoms with Crippen LogP contribution in [0.15, 0.2) is 12.1 Å². The van der Waals surface area contributed by atoms with E-state index in [0.717, 1.165) is 6.07 Å². The van der Waals surface area contributed by atoms with Crippen molar-refractivity contribution < 1.29 is 18.7 Å². The van der Waals surface area contributed by atoms with Gasteiger partial charge in [0.15, 0.2) is 0 Å². The Kier molecular flexibility index (Phi) is 2.81. The van der Waals surface area contributed by atoms with Gasteiger partial charge in [-0.05, 0) is 19.1 Å². The first-order chi connectivity index (χ1) is 6.43. The molecule has 1 atom stereocenters. The van der Waals surface area contributed by atoms with Gasteiger partial charge in [0, 0.05) is 11.6 Å². The van der Waals surface area contributed by atoms with Crippen LogP contribution < -0.4 is 5.73 Å². The van der Waals surface area contributed by atoms with Gasteiger partial charge in [0.05, 0.1) is 5.56 Å². The summed E-state index contributed by atoms with van der Waals surface area (Å²) in [6.45, 7) is 1.48. The molecule has 1 rings (SSSR count). The van der Waals surface area contributed by atoms with Gasteiger partial charge in [-0.15, -0.1) is 0 Å². The van der Waals surface area contributed by atoms with Crippen molar-refractivity contribution >= 4 is 5.97 Å². The maximum atomic E-state index is 13.1. The monoisotopic (exact) mass is 201 g/mol. The molecule has 0 aromatic heterocycles. The molecule has 0 amide bonds. The predicted molar refractivity (Wildman–Crippen MR) is 45.9 cm³/mol. The van der Waals surface area contributed by atoms with Crippen molar-refractivity contribution in [2.45, 2.75) is 13.0 Å². The Balaban J connectivity index is 3.31. The number of benzene rings is 1. The molecule has 0 aliphatic carbocycles. The van der Waals surface area contributed by atoms with Crippen LogP contribution in [0.2, 0.25) is 0 Å². The van der Waals surface area contributed by atoms with E-state index in [9.17, 15) is 13.6 Å². The Hall–Kier alpha value is -1.49. The van der Waals surface area contributed by atoms with Crippen LogP contribution in [0.25, 0.3) is 0 Å². The topological polar surface area (TPSA) is 63.3 Å². The van der Waals surface area contributed by atoms with E-state index >= 15 is 0 Å². The number of hydrogen-bond acceptors (Lipinski definition) is 2. The van der Waals surface area contributed by atoms with E-state index in [1.54, 1.807) is 0 Å². The SMILES string of the molecule is CC(N)c1cc(F)c(C(=O)O)cc1F. The van der Waals surface area contributed by atoms with Crippen LogP contribution in [0, 0.1) is 11.6 Å². The van der Waals surface area contributed by atoms with Crippen LogP contribution in [0.5, 0.6) is 0 Å². The van der Waals surface area contributed by atoms with Gasteiger partial charge in [-0.2, -0.15) is 0 Å². The number of halogens is 2. The molecule has 0 aliphatic rings. The molecule has 0 bridgehead atoms. The Labute approximate surface area is 79.2 Å². The summed E-state index contributed by atoms with van der Waals surface area (Å²) in [4.78, 5) is 10.4. The number of carboxylic acid groups (broad SMARTS) is 1. The predicted octanol–water partition coefficient (Wildman–Crippen LogP) is 1.68. The lowest BCUT2D eigenvalue weighted by atomic mass is 10.1. The average Bonchev–Trinajstić information content (AvgIpc) is 2.07. The van der Waals surface area contributed by atoms with E-state index in [1.807, 2.05) is 0 Å². The summed E-state index contributed by atoms with van der Waals surface area (Å²) < 4.78 is 26.2. The lowest BCUT2D eigenvalue weighted by molar-refractivity contribution is 0.0691. The molecule has 1 unspecified atom stereocenters. The van der Waals surface area contributed by atoms with Crippen LogP contribution in [-0.2, 0) is 0 Å². The Bertz CT molecular complexity index is 377. The zero-order chi connectivity index (χ0) is 10.9. The van der Waals surface area contributed by atoms with Crippen LogP contribution in [-0.4, -0.2) is 11.1 Å². The number of hydrogen-bond donors (Lipinski definition) is 2. The largest absolute Gasteiger partial charge is 0.478 e. The van der Waals surface area contributed by atoms with Crippen LogP contribution in [0.3, 0.4) is 0 Å². The second-order valence-corrected chi connectivity index (χ2v) is 2.95. The fourth-order valence-electron chi connectivity index (χ4n) is 1.08. The molecule has 0 fully saturated rings. The van der Waals surface area contributed by atoms with E-state index in [4.69, 9.17) is 10.8 Å². The van der Waals surface area contributed by atoms with Gasteiger partial charge in [0.25, 0.3) is 0 Å². The highest BCUT2D eigenvalue weighted by molar-refractivity contribution is 5.88. The van der Waals surface area contributed by atoms with E-state index < -0.39 is 29.2 Å². The molecule has 76 valence electrons. The molecule has 0 heterocycles. The summed E-state index contributed by atoms with van der Waals surface area (Å²) in [6.07, 6.45) is 0. The van der Waals surface area contributed by atoms with Gasteiger partial charge in [-0.3, -0.25) is 0 Å². The maximum Gasteiger partial charge on any atom is 0.338 e. The average molecular weight is 201 g/mol. The minimum absolute atomic E-state index is 0.0347. The molecule has 0 saturated carbocycles. The third kappa shape index (κ3) is 1.88. The van der Waals surface area contributed by atoms with E-state index in [2.05, 4.69) is 0 Å². The minimum Gasteiger partial charge on any atom is -0.478 e. The first-order valence-corrected chi connectivity index (χ1v) is 3.91. The molecular weight excluding hydrogens is 192 g/mol. The fourth-order valence-corrected chi connectivity index (χ4v) is 1.08. The normalized spacial score (nSPS) is 12.6. The van der Waals surface area contributed by atoms with Crippen molar-refractivity contribution in [2.75, 3.05) is 0 Å². The molecule has 0 saturated heterocycles. The van der Waals surface area contributed by atoms with Gasteiger partial charge >= 0.3 is 5.97 Å². The highest BCUT2D eigenvalue weighted by Crippen LogP contribution is 2.19. The Morgan fingerprint density at radius 3 is 2.43 bits per heavy atom. The van der Waals surface area contributed by atoms with Gasteiger partial charge in [0.2, 0.25) is 0 Å². The van der Waals surface area contributed by atoms with Gasteiger partial charge in [-0.25, -0.2) is 13.6 Å². The highest BCUT2D eigenvalue weighted by Gasteiger charge is 2.16. The first kappa shape index (κ1) is 10.6. The van der Waals surface area contributed by atoms with Crippen LogP contribution >= 0.6 is 0 Å². The highest BCUT2D eigenvalue weighted by atomic mass is 19.1. The van der Waals surface area contributed by atoms with Crippen molar-refractivity contribution in [3.8, 4) is 0 Å². The van der Waals surface area contributed by atoms with Crippen LogP contribution in [0.1, 0.15) is 28.9 Å². The van der Waals surface area contributed by atoms with Crippen molar-refractivity contribution in [1.82, 2.24) is 0 Å². The van der Waals surface area contributed by atoms with Gasteiger partial charge in [0.1, 0.15) is 11.6 Å². The smallest absolute Gasteiger partial charge is 0.338 e. The summed E-state index contributed by atoms with van der Waals surface area (Å²) in [7, 11) is 0. The molecule has 5 heteroatoms. The molecule has 0 radical (unpaired) electrons. The molecule has 0 aliphatic heterocycles. The zero-order valence-corrected chi connectivity index (χ0v) is 7.42. The number of carboxylic acids is 1. The van der Waals surface area contributed by atoms with Crippen molar-refractivity contribution in [3.63, 3.8) is 0 Å². The number of carbonyl (C=O) groups is 1. The summed E-state index contributed by atoms with van der Waals surface area (Å²) >= 11 is 0. The third-order valence-corrected chi connectivity index (χ3v) is 1.81. The molecule has 1 aromatic carbocycles. The lowest BCUT2D eigenvalue weighted by Gasteiger charge is -2.08. The molecule has 1 aromatic rings. The van der Waals surface area contributed by atoms with E-state index in [-0.39, 0.29) is 5.56 Å². The Morgan fingerprint density at radius 2 is 2.00 bits per heavy atom. The molecule has 14 heavy (non-hydrogen) atoms. The minimum atomic E-state index is -1.50. The zero-order valence-electron chi connectivity index (χ0n) is 7.42. The standard InChI is InChI=1S/C9H9F2NO2/c1-4(12)5-2-8(11)6(9(13)14)3-7(5)10/h2-4H,12H2,1H3,(H,13,14). The van der Waals surface area contributed by atoms with Crippen molar-refractivity contribution in [1.29, 1.82) is 0 Å². The summed E-state index contributed by atoms with van der Waals surface area (Å²) in [6, 6.07) is 0.771. The summed E-state index contributed by atoms with van der Waals surface area (Å²) in [5.74, 6) is -3.29. The summed E-state index contributed by atoms with van der Waals surface area (Å²) in [5.41, 5.74) is 4.63. The second-order valence-electron chi connectivity index (χ2n) is 2.95. The van der Waals surface area contributed by atoms with Gasteiger partial charge in [-0.1, -0.05) is 0 Å². The van der Waals surface area contributed by atoms with Crippen molar-refractivity contribution in [2.24, 2.45) is 5.73 Å². The molecule has 3 N–H and O–H groups in total. The fraction of sp³-hybridized carbons (Fsp3) is 0.222. The van der Waals surface area contributed by atoms with Crippen molar-refractivity contribution in [3.05, 3.63) is 34.9 Å². The second kappa shape index (κ2) is 3.71. The van der Waals surface area contributed by atoms with Gasteiger partial charge < -0.3 is 10.8 Å². The lowest BCUT2D eigenvalue weighted by Crippen LogP contribution is -2.10. The number of aromatic carboxylic acids is 1. The molecule has 3 nitrogen and oxygen atoms in total. The molecular formula is C9H9F2NO2. The van der Waals surface area contributed by atoms with E-state index in [1.165, 1.54) is 6.92 Å². The Morgan fingerprint density at radius 1 is 1.43 bits per heavy atom.